The molecule has 0 fully saturated rings. The third-order valence-electron chi connectivity index (χ3n) is 4.67. The van der Waals surface area contributed by atoms with Gasteiger partial charge in [0.25, 0.3) is 5.91 Å². The molecule has 29 heavy (non-hydrogen) atoms. The van der Waals surface area contributed by atoms with Gasteiger partial charge < -0.3 is 4.90 Å². The average molecular weight is 447 g/mol. The van der Waals surface area contributed by atoms with Gasteiger partial charge in [0.2, 0.25) is 0 Å². The third kappa shape index (κ3) is 4.59. The molecular formula is C21H23ClN4OS2. The number of benzene rings is 2. The molecule has 4 aromatic rings. The Hall–Kier alpha value is -2.06. The fourth-order valence-electron chi connectivity index (χ4n) is 3.02. The van der Waals surface area contributed by atoms with Gasteiger partial charge in [-0.25, -0.2) is 9.97 Å². The zero-order chi connectivity index (χ0) is 19.7. The lowest BCUT2D eigenvalue weighted by Gasteiger charge is -2.22. The number of thiazole rings is 2. The van der Waals surface area contributed by atoms with E-state index in [2.05, 4.69) is 28.9 Å². The Labute approximate surface area is 184 Å². The second-order valence-corrected chi connectivity index (χ2v) is 8.84. The highest BCUT2D eigenvalue weighted by Gasteiger charge is 2.22. The van der Waals surface area contributed by atoms with Crippen molar-refractivity contribution in [3.8, 4) is 0 Å². The number of nitrogens with zero attached hydrogens (tertiary/aromatic N) is 4. The van der Waals surface area contributed by atoms with Crippen LogP contribution in [0.4, 0.5) is 5.13 Å². The molecule has 2 heterocycles. The molecule has 8 heteroatoms. The van der Waals surface area contributed by atoms with Crippen LogP contribution in [0.5, 0.6) is 0 Å². The first-order valence-electron chi connectivity index (χ1n) is 9.24. The Morgan fingerprint density at radius 1 is 1.03 bits per heavy atom. The van der Waals surface area contributed by atoms with E-state index in [0.29, 0.717) is 12.1 Å². The number of carbonyl (C=O) groups is 1. The van der Waals surface area contributed by atoms with Crippen molar-refractivity contribution in [2.75, 3.05) is 32.1 Å². The predicted octanol–water partition coefficient (Wildman–Crippen LogP) is 5.10. The molecule has 0 N–H and O–H groups in total. The summed E-state index contributed by atoms with van der Waals surface area (Å²) in [4.78, 5) is 26.3. The van der Waals surface area contributed by atoms with Crippen molar-refractivity contribution in [3.05, 3.63) is 53.0 Å². The Balaban J connectivity index is 0.00000240. The van der Waals surface area contributed by atoms with Gasteiger partial charge in [0, 0.05) is 18.7 Å². The van der Waals surface area contributed by atoms with Crippen LogP contribution in [0.25, 0.3) is 20.4 Å². The number of fused-ring (bicyclic) bond motifs is 2. The molecule has 0 aliphatic rings. The summed E-state index contributed by atoms with van der Waals surface area (Å²) in [6.45, 7) is 3.50. The van der Waals surface area contributed by atoms with Gasteiger partial charge in [-0.15, -0.1) is 23.7 Å². The van der Waals surface area contributed by atoms with E-state index in [4.69, 9.17) is 4.98 Å². The largest absolute Gasteiger partial charge is 0.308 e. The van der Waals surface area contributed by atoms with Crippen molar-refractivity contribution < 1.29 is 4.79 Å². The first-order chi connectivity index (χ1) is 13.5. The number of hydrogen-bond acceptors (Lipinski definition) is 6. The Bertz CT molecular complexity index is 1140. The summed E-state index contributed by atoms with van der Waals surface area (Å²) in [5.74, 6) is -0.0214. The summed E-state index contributed by atoms with van der Waals surface area (Å²) in [7, 11) is 4.02. The minimum Gasteiger partial charge on any atom is -0.308 e. The zero-order valence-corrected chi connectivity index (χ0v) is 19.0. The Morgan fingerprint density at radius 2 is 1.83 bits per heavy atom. The van der Waals surface area contributed by atoms with Crippen molar-refractivity contribution in [2.45, 2.75) is 13.3 Å². The van der Waals surface area contributed by atoms with Crippen molar-refractivity contribution in [1.82, 2.24) is 14.9 Å². The second kappa shape index (κ2) is 9.17. The molecule has 0 unspecified atom stereocenters. The van der Waals surface area contributed by atoms with Crippen molar-refractivity contribution in [2.24, 2.45) is 0 Å². The molecule has 4 rings (SSSR count). The molecule has 5 nitrogen and oxygen atoms in total. The zero-order valence-electron chi connectivity index (χ0n) is 16.6. The van der Waals surface area contributed by atoms with E-state index in [0.717, 1.165) is 38.5 Å². The molecule has 1 amide bonds. The lowest BCUT2D eigenvalue weighted by atomic mass is 10.2. The summed E-state index contributed by atoms with van der Waals surface area (Å²) < 4.78 is 2.14. The lowest BCUT2D eigenvalue weighted by Crippen LogP contribution is -2.36. The highest BCUT2D eigenvalue weighted by atomic mass is 35.5. The molecule has 0 aliphatic heterocycles. The highest BCUT2D eigenvalue weighted by molar-refractivity contribution is 7.22. The number of amides is 1. The molecular weight excluding hydrogens is 424 g/mol. The molecule has 0 bridgehead atoms. The quantitative estimate of drug-likeness (QED) is 0.413. The second-order valence-electron chi connectivity index (χ2n) is 6.95. The fraction of sp³-hybridized carbons (Fsp3) is 0.286. The number of halogens is 1. The molecule has 152 valence electrons. The van der Waals surface area contributed by atoms with Crippen LogP contribution in [0.1, 0.15) is 22.8 Å². The summed E-state index contributed by atoms with van der Waals surface area (Å²) >= 11 is 3.13. The number of aryl methyl sites for hydroxylation is 1. The molecule has 0 atom stereocenters. The Morgan fingerprint density at radius 3 is 2.59 bits per heavy atom. The first-order valence-corrected chi connectivity index (χ1v) is 10.9. The van der Waals surface area contributed by atoms with Crippen LogP contribution in [-0.2, 0) is 6.42 Å². The topological polar surface area (TPSA) is 49.3 Å². The van der Waals surface area contributed by atoms with E-state index in [1.807, 2.05) is 43.9 Å². The van der Waals surface area contributed by atoms with Gasteiger partial charge in [-0.1, -0.05) is 24.3 Å². The van der Waals surface area contributed by atoms with Gasteiger partial charge in [-0.05, 0) is 56.4 Å². The molecule has 0 spiro atoms. The van der Waals surface area contributed by atoms with Gasteiger partial charge in [0.1, 0.15) is 0 Å². The van der Waals surface area contributed by atoms with Gasteiger partial charge >= 0.3 is 0 Å². The average Bonchev–Trinajstić information content (AvgIpc) is 3.32. The van der Waals surface area contributed by atoms with Crippen LogP contribution in [0, 0.1) is 0 Å². The van der Waals surface area contributed by atoms with E-state index in [1.165, 1.54) is 5.56 Å². The van der Waals surface area contributed by atoms with E-state index in [1.54, 1.807) is 27.6 Å². The smallest absolute Gasteiger partial charge is 0.260 e. The molecule has 2 aromatic heterocycles. The molecule has 0 saturated heterocycles. The highest BCUT2D eigenvalue weighted by Crippen LogP contribution is 2.31. The summed E-state index contributed by atoms with van der Waals surface area (Å²) in [6, 6.07) is 12.0. The molecule has 0 radical (unpaired) electrons. The summed E-state index contributed by atoms with van der Waals surface area (Å²) in [6.07, 6.45) is 0.987. The minimum absolute atomic E-state index is 0. The lowest BCUT2D eigenvalue weighted by molar-refractivity contribution is 0.0985. The van der Waals surface area contributed by atoms with E-state index in [9.17, 15) is 4.79 Å². The molecule has 0 aliphatic carbocycles. The molecule has 0 saturated carbocycles. The van der Waals surface area contributed by atoms with Crippen LogP contribution >= 0.6 is 35.1 Å². The standard InChI is InChI=1S/C21H22N4OS2.ClH/c1-4-14-5-7-17-19(11-14)28-21(23-17)25(10-9-24(2)3)20(26)15-6-8-16-18(12-15)27-13-22-16;/h5-8,11-13H,4,9-10H2,1-3H3;1H. The van der Waals surface area contributed by atoms with Gasteiger partial charge in [0.05, 0.1) is 25.9 Å². The number of rotatable bonds is 6. The van der Waals surface area contributed by atoms with Crippen LogP contribution in [0.15, 0.2) is 41.9 Å². The first kappa shape index (κ1) is 21.6. The van der Waals surface area contributed by atoms with E-state index in [-0.39, 0.29) is 18.3 Å². The van der Waals surface area contributed by atoms with Crippen LogP contribution < -0.4 is 4.90 Å². The minimum atomic E-state index is -0.0214. The maximum Gasteiger partial charge on any atom is 0.260 e. The third-order valence-corrected chi connectivity index (χ3v) is 6.51. The number of anilines is 1. The van der Waals surface area contributed by atoms with Crippen LogP contribution in [0.3, 0.4) is 0 Å². The summed E-state index contributed by atoms with van der Waals surface area (Å²) in [5, 5.41) is 0.750. The monoisotopic (exact) mass is 446 g/mol. The van der Waals surface area contributed by atoms with E-state index >= 15 is 0 Å². The van der Waals surface area contributed by atoms with Gasteiger partial charge in [-0.2, -0.15) is 0 Å². The SMILES string of the molecule is CCc1ccc2nc(N(CCN(C)C)C(=O)c3ccc4ncsc4c3)sc2c1.Cl. The summed E-state index contributed by atoms with van der Waals surface area (Å²) in [5.41, 5.74) is 5.63. The van der Waals surface area contributed by atoms with E-state index < -0.39 is 0 Å². The van der Waals surface area contributed by atoms with Crippen molar-refractivity contribution >= 4 is 66.6 Å². The molecule has 2 aromatic carbocycles. The van der Waals surface area contributed by atoms with Crippen molar-refractivity contribution in [1.29, 1.82) is 0 Å². The van der Waals surface area contributed by atoms with Crippen LogP contribution in [-0.4, -0.2) is 48.0 Å². The number of hydrogen-bond donors (Lipinski definition) is 0. The maximum absolute atomic E-state index is 13.4. The van der Waals surface area contributed by atoms with Gasteiger partial charge in [0.15, 0.2) is 5.13 Å². The number of aromatic nitrogens is 2. The number of carbonyl (C=O) groups excluding carboxylic acids is 1. The maximum atomic E-state index is 13.4. The van der Waals surface area contributed by atoms with Gasteiger partial charge in [-0.3, -0.25) is 9.69 Å². The predicted molar refractivity (Wildman–Crippen MR) is 126 cm³/mol. The Kier molecular flexibility index (Phi) is 6.85. The normalized spacial score (nSPS) is 11.2. The van der Waals surface area contributed by atoms with Crippen molar-refractivity contribution in [3.63, 3.8) is 0 Å². The van der Waals surface area contributed by atoms with Crippen LogP contribution in [0.2, 0.25) is 0 Å². The number of likely N-dealkylation sites (N-methyl/N-ethyl adjacent to an activating group) is 1. The fourth-order valence-corrected chi connectivity index (χ4v) is 4.79.